The zero-order valence-corrected chi connectivity index (χ0v) is 15.3. The first kappa shape index (κ1) is 17.0. The second kappa shape index (κ2) is 6.99. The van der Waals surface area contributed by atoms with Gasteiger partial charge >= 0.3 is 0 Å². The van der Waals surface area contributed by atoms with Gasteiger partial charge in [-0.2, -0.15) is 11.8 Å². The lowest BCUT2D eigenvalue weighted by Crippen LogP contribution is -2.37. The molecule has 0 unspecified atom stereocenters. The Bertz CT molecular complexity index is 697. The summed E-state index contributed by atoms with van der Waals surface area (Å²) in [7, 11) is 0. The molecule has 1 fully saturated rings. The van der Waals surface area contributed by atoms with Gasteiger partial charge in [0.25, 0.3) is 0 Å². The quantitative estimate of drug-likeness (QED) is 0.860. The number of anilines is 2. The Balaban J connectivity index is 2.06. The first-order valence-corrected chi connectivity index (χ1v) is 9.35. The van der Waals surface area contributed by atoms with Crippen molar-refractivity contribution in [3.05, 3.63) is 36.0 Å². The summed E-state index contributed by atoms with van der Waals surface area (Å²) in [5.74, 6) is 1.72. The number of benzene rings is 1. The fourth-order valence-electron chi connectivity index (χ4n) is 2.56. The van der Waals surface area contributed by atoms with Crippen LogP contribution in [0.2, 0.25) is 0 Å². The highest BCUT2D eigenvalue weighted by Crippen LogP contribution is 2.35. The van der Waals surface area contributed by atoms with Crippen LogP contribution in [0.4, 0.5) is 11.5 Å². The number of thioether (sulfide) groups is 1. The van der Waals surface area contributed by atoms with Crippen LogP contribution in [0.5, 0.6) is 0 Å². The maximum absolute atomic E-state index is 5.81. The van der Waals surface area contributed by atoms with Gasteiger partial charge in [0.05, 0.1) is 23.7 Å². The summed E-state index contributed by atoms with van der Waals surface area (Å²) >= 11 is 1.79. The van der Waals surface area contributed by atoms with E-state index in [9.17, 15) is 0 Å². The number of nitrogens with zero attached hydrogens (tertiary/aromatic N) is 3. The molecule has 0 amide bonds. The Morgan fingerprint density at radius 1 is 1.12 bits per heavy atom. The van der Waals surface area contributed by atoms with Gasteiger partial charge in [0.2, 0.25) is 0 Å². The van der Waals surface area contributed by atoms with Crippen LogP contribution < -0.4 is 10.6 Å². The first-order valence-electron chi connectivity index (χ1n) is 8.13. The van der Waals surface area contributed by atoms with Gasteiger partial charge in [0, 0.05) is 30.4 Å². The normalized spacial score (nSPS) is 15.5. The molecule has 2 aromatic rings. The van der Waals surface area contributed by atoms with Crippen LogP contribution in [-0.2, 0) is 9.48 Å². The van der Waals surface area contributed by atoms with Gasteiger partial charge in [0.1, 0.15) is 5.82 Å². The highest BCUT2D eigenvalue weighted by Gasteiger charge is 2.24. The zero-order valence-electron chi connectivity index (χ0n) is 14.5. The van der Waals surface area contributed by atoms with E-state index >= 15 is 0 Å². The van der Waals surface area contributed by atoms with Crippen molar-refractivity contribution in [3.8, 4) is 11.4 Å². The minimum absolute atomic E-state index is 0.0769. The Labute approximate surface area is 147 Å². The van der Waals surface area contributed by atoms with E-state index in [0.717, 1.165) is 54.9 Å². The van der Waals surface area contributed by atoms with Gasteiger partial charge in [0.15, 0.2) is 5.82 Å². The molecule has 1 aliphatic heterocycles. The minimum Gasteiger partial charge on any atom is -0.399 e. The molecule has 2 heterocycles. The maximum atomic E-state index is 5.81. The summed E-state index contributed by atoms with van der Waals surface area (Å²) in [6.07, 6.45) is 2.11. The van der Waals surface area contributed by atoms with Crippen LogP contribution in [0.3, 0.4) is 0 Å². The lowest BCUT2D eigenvalue weighted by Gasteiger charge is -2.30. The molecule has 6 heteroatoms. The fraction of sp³-hybridized carbons (Fsp3) is 0.444. The molecule has 0 radical (unpaired) electrons. The van der Waals surface area contributed by atoms with Crippen LogP contribution in [0.25, 0.3) is 11.4 Å². The van der Waals surface area contributed by atoms with Crippen molar-refractivity contribution in [1.29, 1.82) is 0 Å². The Hall–Kier alpha value is -1.79. The fourth-order valence-corrected chi connectivity index (χ4v) is 2.88. The summed E-state index contributed by atoms with van der Waals surface area (Å²) in [6, 6.07) is 9.84. The lowest BCUT2D eigenvalue weighted by atomic mass is 10.1. The summed E-state index contributed by atoms with van der Waals surface area (Å²) < 4.78 is 5.39. The average molecular weight is 344 g/mol. The Kier molecular flexibility index (Phi) is 4.96. The van der Waals surface area contributed by atoms with E-state index in [4.69, 9.17) is 20.4 Å². The van der Waals surface area contributed by atoms with Gasteiger partial charge in [-0.25, -0.2) is 9.97 Å². The third-order valence-electron chi connectivity index (χ3n) is 4.34. The van der Waals surface area contributed by atoms with Crippen LogP contribution in [0, 0.1) is 0 Å². The van der Waals surface area contributed by atoms with Crippen LogP contribution in [-0.4, -0.2) is 42.5 Å². The average Bonchev–Trinajstić information content (AvgIpc) is 2.62. The van der Waals surface area contributed by atoms with Crippen molar-refractivity contribution in [2.45, 2.75) is 18.6 Å². The minimum atomic E-state index is -0.0769. The Morgan fingerprint density at radius 2 is 1.79 bits per heavy atom. The van der Waals surface area contributed by atoms with E-state index in [-0.39, 0.29) is 4.75 Å². The number of hydrogen-bond donors (Lipinski definition) is 1. The van der Waals surface area contributed by atoms with Gasteiger partial charge in [-0.05, 0) is 44.4 Å². The van der Waals surface area contributed by atoms with Crippen molar-refractivity contribution in [2.24, 2.45) is 0 Å². The number of aromatic nitrogens is 2. The van der Waals surface area contributed by atoms with Gasteiger partial charge in [-0.1, -0.05) is 0 Å². The predicted molar refractivity (Wildman–Crippen MR) is 101 cm³/mol. The second-order valence-corrected chi connectivity index (χ2v) is 7.80. The molecule has 1 saturated heterocycles. The van der Waals surface area contributed by atoms with Gasteiger partial charge in [-0.15, -0.1) is 0 Å². The Morgan fingerprint density at radius 3 is 2.42 bits per heavy atom. The highest BCUT2D eigenvalue weighted by atomic mass is 32.2. The number of rotatable bonds is 4. The molecule has 1 aromatic heterocycles. The summed E-state index contributed by atoms with van der Waals surface area (Å²) in [5, 5.41) is 0. The molecule has 2 N–H and O–H groups in total. The third-order valence-corrected chi connectivity index (χ3v) is 5.57. The van der Waals surface area contributed by atoms with Crippen molar-refractivity contribution >= 4 is 23.3 Å². The summed E-state index contributed by atoms with van der Waals surface area (Å²) in [5.41, 5.74) is 8.57. The predicted octanol–water partition coefficient (Wildman–Crippen LogP) is 3.16. The van der Waals surface area contributed by atoms with E-state index < -0.39 is 0 Å². The second-order valence-electron chi connectivity index (χ2n) is 6.37. The van der Waals surface area contributed by atoms with Crippen molar-refractivity contribution in [1.82, 2.24) is 9.97 Å². The van der Waals surface area contributed by atoms with E-state index in [1.54, 1.807) is 11.8 Å². The molecular formula is C18H24N4OS. The summed E-state index contributed by atoms with van der Waals surface area (Å²) in [6.45, 7) is 7.57. The molecule has 1 aromatic carbocycles. The number of nitrogen functional groups attached to an aromatic ring is 1. The topological polar surface area (TPSA) is 64.3 Å². The first-order chi connectivity index (χ1) is 11.5. The monoisotopic (exact) mass is 344 g/mol. The molecule has 0 saturated carbocycles. The summed E-state index contributed by atoms with van der Waals surface area (Å²) in [4.78, 5) is 11.9. The molecule has 0 spiro atoms. The number of morpholine rings is 1. The van der Waals surface area contributed by atoms with E-state index in [0.29, 0.717) is 0 Å². The smallest absolute Gasteiger partial charge is 0.161 e. The number of hydrogen-bond acceptors (Lipinski definition) is 6. The van der Waals surface area contributed by atoms with Crippen molar-refractivity contribution in [3.63, 3.8) is 0 Å². The molecule has 24 heavy (non-hydrogen) atoms. The highest BCUT2D eigenvalue weighted by molar-refractivity contribution is 7.99. The van der Waals surface area contributed by atoms with Crippen molar-refractivity contribution < 1.29 is 4.74 Å². The molecular weight excluding hydrogens is 320 g/mol. The van der Waals surface area contributed by atoms with E-state index in [1.165, 1.54) is 0 Å². The van der Waals surface area contributed by atoms with E-state index in [2.05, 4.69) is 31.1 Å². The standard InChI is InChI=1S/C18H24N4OS/c1-18(2,24-3)15-12-16(22-8-10-23-11-9-22)21-17(20-15)13-4-6-14(19)7-5-13/h4-7,12H,8-11,19H2,1-3H3. The molecule has 128 valence electrons. The zero-order chi connectivity index (χ0) is 17.2. The maximum Gasteiger partial charge on any atom is 0.161 e. The molecule has 0 bridgehead atoms. The molecule has 0 aliphatic carbocycles. The van der Waals surface area contributed by atoms with E-state index in [1.807, 2.05) is 24.3 Å². The number of nitrogens with two attached hydrogens (primary N) is 1. The lowest BCUT2D eigenvalue weighted by molar-refractivity contribution is 0.122. The van der Waals surface area contributed by atoms with Crippen molar-refractivity contribution in [2.75, 3.05) is 43.2 Å². The van der Waals surface area contributed by atoms with Crippen LogP contribution in [0.15, 0.2) is 30.3 Å². The molecule has 3 rings (SSSR count). The molecule has 5 nitrogen and oxygen atoms in total. The molecule has 1 aliphatic rings. The molecule has 0 atom stereocenters. The number of ether oxygens (including phenoxy) is 1. The van der Waals surface area contributed by atoms with Gasteiger partial charge < -0.3 is 15.4 Å². The van der Waals surface area contributed by atoms with Gasteiger partial charge in [-0.3, -0.25) is 0 Å². The third kappa shape index (κ3) is 3.65. The van der Waals surface area contributed by atoms with Crippen LogP contribution in [0.1, 0.15) is 19.5 Å². The largest absolute Gasteiger partial charge is 0.399 e. The SMILES string of the molecule is CSC(C)(C)c1cc(N2CCOCC2)nc(-c2ccc(N)cc2)n1. The van der Waals surface area contributed by atoms with Crippen LogP contribution >= 0.6 is 11.8 Å².